The molecule has 0 aliphatic heterocycles. The van der Waals surface area contributed by atoms with Crippen LogP contribution in [0.1, 0.15) is 28.9 Å². The lowest BCUT2D eigenvalue weighted by Crippen LogP contribution is -2.26. The molecule has 0 spiro atoms. The average molecular weight is 336 g/mol. The summed E-state index contributed by atoms with van der Waals surface area (Å²) in [5.74, 6) is -0.128. The Bertz CT molecular complexity index is 828. The van der Waals surface area contributed by atoms with Gasteiger partial charge in [0.1, 0.15) is 0 Å². The van der Waals surface area contributed by atoms with Gasteiger partial charge in [0.05, 0.1) is 6.04 Å². The van der Waals surface area contributed by atoms with Crippen molar-refractivity contribution in [3.8, 4) is 11.1 Å². The predicted molar refractivity (Wildman–Crippen MR) is 99.2 cm³/mol. The summed E-state index contributed by atoms with van der Waals surface area (Å²) >= 11 is 5.94. The zero-order valence-corrected chi connectivity index (χ0v) is 14.1. The minimum Gasteiger partial charge on any atom is -0.346 e. The van der Waals surface area contributed by atoms with Crippen LogP contribution in [0.5, 0.6) is 0 Å². The maximum absolute atomic E-state index is 12.3. The van der Waals surface area contributed by atoms with Crippen molar-refractivity contribution in [3.05, 3.63) is 95.0 Å². The summed E-state index contributed by atoms with van der Waals surface area (Å²) in [6, 6.07) is 25.3. The third-order valence-electron chi connectivity index (χ3n) is 3.95. The second-order valence-corrected chi connectivity index (χ2v) is 6.13. The third-order valence-corrected chi connectivity index (χ3v) is 4.19. The Hall–Kier alpha value is -2.58. The summed E-state index contributed by atoms with van der Waals surface area (Å²) < 4.78 is 0. The van der Waals surface area contributed by atoms with Gasteiger partial charge in [0.25, 0.3) is 5.91 Å². The molecule has 24 heavy (non-hydrogen) atoms. The highest BCUT2D eigenvalue weighted by Gasteiger charge is 2.11. The van der Waals surface area contributed by atoms with Crippen molar-refractivity contribution in [2.24, 2.45) is 0 Å². The number of hydrogen-bond acceptors (Lipinski definition) is 1. The molecule has 120 valence electrons. The van der Waals surface area contributed by atoms with E-state index in [1.165, 1.54) is 5.56 Å². The van der Waals surface area contributed by atoms with Crippen molar-refractivity contribution < 1.29 is 4.79 Å². The Balaban J connectivity index is 1.71. The number of carbonyl (C=O) groups excluding carboxylic acids is 1. The molecule has 1 amide bonds. The van der Waals surface area contributed by atoms with Gasteiger partial charge in [0.15, 0.2) is 0 Å². The van der Waals surface area contributed by atoms with Crippen LogP contribution in [0.15, 0.2) is 78.9 Å². The van der Waals surface area contributed by atoms with Crippen LogP contribution in [0.4, 0.5) is 0 Å². The molecule has 1 N–H and O–H groups in total. The molecule has 3 aromatic rings. The van der Waals surface area contributed by atoms with E-state index in [9.17, 15) is 4.79 Å². The third kappa shape index (κ3) is 3.84. The summed E-state index contributed by atoms with van der Waals surface area (Å²) in [4.78, 5) is 12.3. The molecular weight excluding hydrogens is 318 g/mol. The Labute approximate surface area is 147 Å². The molecule has 0 saturated heterocycles. The number of halogens is 1. The lowest BCUT2D eigenvalue weighted by molar-refractivity contribution is 0.0940. The second kappa shape index (κ2) is 7.33. The highest BCUT2D eigenvalue weighted by atomic mass is 35.5. The Morgan fingerprint density at radius 2 is 1.54 bits per heavy atom. The molecule has 1 atom stereocenters. The van der Waals surface area contributed by atoms with Crippen LogP contribution in [0, 0.1) is 0 Å². The first-order chi connectivity index (χ1) is 11.6. The zero-order valence-electron chi connectivity index (χ0n) is 13.4. The number of carbonyl (C=O) groups is 1. The highest BCUT2D eigenvalue weighted by Crippen LogP contribution is 2.22. The number of nitrogens with one attached hydrogen (secondary N) is 1. The standard InChI is InChI=1S/C21H18ClNO/c1-15(23-21(24)19-8-5-9-20(22)14-19)16-10-12-18(13-11-16)17-6-3-2-4-7-17/h2-15H,1H3,(H,23,24)/t15-/m0/s1. The molecule has 0 unspecified atom stereocenters. The fourth-order valence-electron chi connectivity index (χ4n) is 2.59. The monoisotopic (exact) mass is 335 g/mol. The first-order valence-corrected chi connectivity index (χ1v) is 8.23. The van der Waals surface area contributed by atoms with Gasteiger partial charge in [-0.25, -0.2) is 0 Å². The van der Waals surface area contributed by atoms with Crippen LogP contribution in [0.25, 0.3) is 11.1 Å². The van der Waals surface area contributed by atoms with Gasteiger partial charge in [-0.3, -0.25) is 4.79 Å². The molecule has 3 rings (SSSR count). The van der Waals surface area contributed by atoms with E-state index in [-0.39, 0.29) is 11.9 Å². The smallest absolute Gasteiger partial charge is 0.251 e. The van der Waals surface area contributed by atoms with Crippen molar-refractivity contribution in [3.63, 3.8) is 0 Å². The van der Waals surface area contributed by atoms with E-state index in [0.717, 1.165) is 11.1 Å². The molecule has 0 aliphatic rings. The van der Waals surface area contributed by atoms with Gasteiger partial charge < -0.3 is 5.32 Å². The summed E-state index contributed by atoms with van der Waals surface area (Å²) in [7, 11) is 0. The van der Waals surface area contributed by atoms with E-state index in [2.05, 4.69) is 29.6 Å². The summed E-state index contributed by atoms with van der Waals surface area (Å²) in [6.45, 7) is 1.97. The molecule has 0 radical (unpaired) electrons. The number of hydrogen-bond donors (Lipinski definition) is 1. The predicted octanol–water partition coefficient (Wildman–Crippen LogP) is 5.50. The fraction of sp³-hybridized carbons (Fsp3) is 0.0952. The van der Waals surface area contributed by atoms with Gasteiger partial charge in [-0.05, 0) is 41.8 Å². The number of rotatable bonds is 4. The summed E-state index contributed by atoms with van der Waals surface area (Å²) in [6.07, 6.45) is 0. The maximum atomic E-state index is 12.3. The minimum atomic E-state index is -0.128. The van der Waals surface area contributed by atoms with Gasteiger partial charge >= 0.3 is 0 Å². The van der Waals surface area contributed by atoms with E-state index in [1.54, 1.807) is 24.3 Å². The molecule has 0 heterocycles. The highest BCUT2D eigenvalue weighted by molar-refractivity contribution is 6.30. The molecule has 0 fully saturated rings. The average Bonchev–Trinajstić information content (AvgIpc) is 2.62. The molecule has 0 saturated carbocycles. The molecular formula is C21H18ClNO. The van der Waals surface area contributed by atoms with Gasteiger partial charge in [0.2, 0.25) is 0 Å². The van der Waals surface area contributed by atoms with Crippen molar-refractivity contribution in [2.75, 3.05) is 0 Å². The van der Waals surface area contributed by atoms with Crippen molar-refractivity contribution in [1.82, 2.24) is 5.32 Å². The Morgan fingerprint density at radius 1 is 0.875 bits per heavy atom. The van der Waals surface area contributed by atoms with Crippen LogP contribution in [0.3, 0.4) is 0 Å². The summed E-state index contributed by atoms with van der Waals surface area (Å²) in [5.41, 5.74) is 3.97. The van der Waals surface area contributed by atoms with Crippen molar-refractivity contribution in [2.45, 2.75) is 13.0 Å². The Kier molecular flexibility index (Phi) is 4.97. The molecule has 2 nitrogen and oxygen atoms in total. The quantitative estimate of drug-likeness (QED) is 0.670. The van der Waals surface area contributed by atoms with Crippen LogP contribution in [0.2, 0.25) is 5.02 Å². The van der Waals surface area contributed by atoms with E-state index < -0.39 is 0 Å². The lowest BCUT2D eigenvalue weighted by Gasteiger charge is -2.15. The topological polar surface area (TPSA) is 29.1 Å². The first kappa shape index (κ1) is 16.3. The Morgan fingerprint density at radius 3 is 2.21 bits per heavy atom. The van der Waals surface area contributed by atoms with Gasteiger partial charge in [-0.2, -0.15) is 0 Å². The zero-order chi connectivity index (χ0) is 16.9. The van der Waals surface area contributed by atoms with Crippen LogP contribution >= 0.6 is 11.6 Å². The normalized spacial score (nSPS) is 11.8. The number of benzene rings is 3. The van der Waals surface area contributed by atoms with Gasteiger partial charge in [-0.1, -0.05) is 72.3 Å². The molecule has 3 heteroatoms. The molecule has 0 bridgehead atoms. The fourth-order valence-corrected chi connectivity index (χ4v) is 2.78. The summed E-state index contributed by atoms with van der Waals surface area (Å²) in [5, 5.41) is 3.56. The van der Waals surface area contributed by atoms with Crippen LogP contribution in [-0.2, 0) is 0 Å². The molecule has 0 aliphatic carbocycles. The molecule has 3 aromatic carbocycles. The SMILES string of the molecule is C[C@H](NC(=O)c1cccc(Cl)c1)c1ccc(-c2ccccc2)cc1. The largest absolute Gasteiger partial charge is 0.346 e. The lowest BCUT2D eigenvalue weighted by atomic mass is 10.0. The maximum Gasteiger partial charge on any atom is 0.251 e. The molecule has 0 aromatic heterocycles. The number of amides is 1. The van der Waals surface area contributed by atoms with Crippen LogP contribution in [-0.4, -0.2) is 5.91 Å². The van der Waals surface area contributed by atoms with E-state index in [0.29, 0.717) is 10.6 Å². The second-order valence-electron chi connectivity index (χ2n) is 5.69. The van der Waals surface area contributed by atoms with E-state index >= 15 is 0 Å². The van der Waals surface area contributed by atoms with Gasteiger partial charge in [0, 0.05) is 10.6 Å². The van der Waals surface area contributed by atoms with E-state index in [4.69, 9.17) is 11.6 Å². The van der Waals surface area contributed by atoms with Crippen molar-refractivity contribution >= 4 is 17.5 Å². The van der Waals surface area contributed by atoms with Gasteiger partial charge in [-0.15, -0.1) is 0 Å². The first-order valence-electron chi connectivity index (χ1n) is 7.85. The van der Waals surface area contributed by atoms with Crippen molar-refractivity contribution in [1.29, 1.82) is 0 Å². The van der Waals surface area contributed by atoms with E-state index in [1.807, 2.05) is 37.3 Å². The minimum absolute atomic E-state index is 0.0821. The van der Waals surface area contributed by atoms with Crippen LogP contribution < -0.4 is 5.32 Å².